The molecule has 0 unspecified atom stereocenters. The Bertz CT molecular complexity index is 710. The van der Waals surface area contributed by atoms with E-state index in [0.717, 1.165) is 4.90 Å². The maximum atomic E-state index is 11.8. The second-order valence-electron chi connectivity index (χ2n) is 4.79. The lowest BCUT2D eigenvalue weighted by molar-refractivity contribution is -0.384. The average Bonchev–Trinajstić information content (AvgIpc) is 2.58. The fraction of sp³-hybridized carbons (Fsp3) is 0.188. The van der Waals surface area contributed by atoms with Gasteiger partial charge in [-0.1, -0.05) is 23.7 Å². The summed E-state index contributed by atoms with van der Waals surface area (Å²) in [4.78, 5) is 23.2. The molecule has 0 saturated heterocycles. The van der Waals surface area contributed by atoms with Gasteiger partial charge in [0.1, 0.15) is 5.69 Å². The van der Waals surface area contributed by atoms with Crippen molar-refractivity contribution in [3.05, 3.63) is 63.7 Å². The van der Waals surface area contributed by atoms with Gasteiger partial charge in [-0.25, -0.2) is 0 Å². The predicted octanol–water partition coefficient (Wildman–Crippen LogP) is 3.57. The Morgan fingerprint density at radius 1 is 1.12 bits per heavy atom. The van der Waals surface area contributed by atoms with Crippen molar-refractivity contribution in [2.75, 3.05) is 24.2 Å². The number of nitro benzene ring substituents is 1. The molecule has 0 aliphatic carbocycles. The number of amides is 1. The lowest BCUT2D eigenvalue weighted by atomic mass is 10.2. The number of carbonyl (C=O) groups is 1. The number of nitrogens with one attached hydrogen (secondary N) is 2. The number of benzene rings is 2. The van der Waals surface area contributed by atoms with E-state index in [-0.39, 0.29) is 11.6 Å². The van der Waals surface area contributed by atoms with Crippen molar-refractivity contribution in [3.8, 4) is 0 Å². The number of carbonyl (C=O) groups excluding carboxylic acids is 1. The highest BCUT2D eigenvalue weighted by Crippen LogP contribution is 2.22. The van der Waals surface area contributed by atoms with Crippen molar-refractivity contribution in [3.63, 3.8) is 0 Å². The largest absolute Gasteiger partial charge is 0.378 e. The summed E-state index contributed by atoms with van der Waals surface area (Å²) in [5.74, 6) is 0.201. The van der Waals surface area contributed by atoms with Crippen LogP contribution in [0.2, 0.25) is 5.02 Å². The number of nitro groups is 1. The van der Waals surface area contributed by atoms with Crippen LogP contribution < -0.4 is 10.6 Å². The summed E-state index contributed by atoms with van der Waals surface area (Å²) in [6.45, 7) is 0.786. The molecule has 0 aromatic heterocycles. The second kappa shape index (κ2) is 9.14. The maximum absolute atomic E-state index is 11.8. The molecule has 126 valence electrons. The van der Waals surface area contributed by atoms with Crippen molar-refractivity contribution in [1.82, 2.24) is 5.32 Å². The minimum absolute atomic E-state index is 0.0159. The summed E-state index contributed by atoms with van der Waals surface area (Å²) in [6, 6.07) is 13.7. The van der Waals surface area contributed by atoms with Gasteiger partial charge in [-0.2, -0.15) is 0 Å². The minimum Gasteiger partial charge on any atom is -0.378 e. The van der Waals surface area contributed by atoms with E-state index in [1.54, 1.807) is 30.3 Å². The van der Waals surface area contributed by atoms with Crippen LogP contribution >= 0.6 is 23.4 Å². The van der Waals surface area contributed by atoms with Crippen molar-refractivity contribution in [2.45, 2.75) is 4.90 Å². The highest BCUT2D eigenvalue weighted by atomic mass is 35.5. The van der Waals surface area contributed by atoms with Gasteiger partial charge >= 0.3 is 0 Å². The zero-order chi connectivity index (χ0) is 17.4. The zero-order valence-electron chi connectivity index (χ0n) is 12.7. The number of anilines is 1. The van der Waals surface area contributed by atoms with Crippen LogP contribution in [0, 0.1) is 10.1 Å². The molecule has 0 heterocycles. The van der Waals surface area contributed by atoms with Crippen molar-refractivity contribution in [1.29, 1.82) is 0 Å². The summed E-state index contributed by atoms with van der Waals surface area (Å²) in [6.07, 6.45) is 0. The number of hydrogen-bond donors (Lipinski definition) is 2. The highest BCUT2D eigenvalue weighted by molar-refractivity contribution is 8.00. The van der Waals surface area contributed by atoms with Gasteiger partial charge < -0.3 is 10.6 Å². The standard InChI is InChI=1S/C16H16ClN3O3S/c17-12-5-7-13(8-6-12)24-11-16(21)19-10-9-18-14-3-1-2-4-15(14)20(22)23/h1-8,18H,9-11H2,(H,19,21). The summed E-state index contributed by atoms with van der Waals surface area (Å²) < 4.78 is 0. The van der Waals surface area contributed by atoms with Crippen LogP contribution in [0.1, 0.15) is 0 Å². The molecule has 2 rings (SSSR count). The summed E-state index contributed by atoms with van der Waals surface area (Å²) >= 11 is 7.22. The van der Waals surface area contributed by atoms with E-state index in [1.807, 2.05) is 12.1 Å². The molecule has 2 aromatic rings. The molecule has 8 heteroatoms. The number of thioether (sulfide) groups is 1. The average molecular weight is 366 g/mol. The van der Waals surface area contributed by atoms with Crippen LogP contribution in [0.15, 0.2) is 53.4 Å². The van der Waals surface area contributed by atoms with Gasteiger partial charge in [0, 0.05) is 29.1 Å². The molecule has 0 atom stereocenters. The number of halogens is 1. The van der Waals surface area contributed by atoms with Crippen LogP contribution in [0.3, 0.4) is 0 Å². The summed E-state index contributed by atoms with van der Waals surface area (Å²) in [5.41, 5.74) is 0.453. The lowest BCUT2D eigenvalue weighted by Gasteiger charge is -2.08. The maximum Gasteiger partial charge on any atom is 0.292 e. The first-order chi connectivity index (χ1) is 11.6. The SMILES string of the molecule is O=C(CSc1ccc(Cl)cc1)NCCNc1ccccc1[N+](=O)[O-]. The number of nitrogens with zero attached hydrogens (tertiary/aromatic N) is 1. The van der Waals surface area contributed by atoms with Gasteiger partial charge in [-0.15, -0.1) is 11.8 Å². The van der Waals surface area contributed by atoms with Crippen LogP contribution in [0.5, 0.6) is 0 Å². The first kappa shape index (κ1) is 18.1. The Kier molecular flexibility index (Phi) is 6.89. The molecule has 0 aliphatic rings. The van der Waals surface area contributed by atoms with Gasteiger partial charge in [0.15, 0.2) is 0 Å². The van der Waals surface area contributed by atoms with Crippen molar-refractivity contribution < 1.29 is 9.72 Å². The smallest absolute Gasteiger partial charge is 0.292 e. The van der Waals surface area contributed by atoms with Crippen molar-refractivity contribution in [2.24, 2.45) is 0 Å². The molecule has 6 nitrogen and oxygen atoms in total. The molecule has 24 heavy (non-hydrogen) atoms. The number of para-hydroxylation sites is 2. The fourth-order valence-corrected chi connectivity index (χ4v) is 2.77. The Balaban J connectivity index is 1.69. The molecule has 0 aliphatic heterocycles. The third kappa shape index (κ3) is 5.75. The number of rotatable bonds is 8. The minimum atomic E-state index is -0.441. The molecule has 0 spiro atoms. The van der Waals surface area contributed by atoms with Gasteiger partial charge in [-0.05, 0) is 30.3 Å². The third-order valence-electron chi connectivity index (χ3n) is 3.05. The van der Waals surface area contributed by atoms with Crippen LogP contribution in [-0.4, -0.2) is 29.7 Å². The highest BCUT2D eigenvalue weighted by Gasteiger charge is 2.11. The van der Waals surface area contributed by atoms with Gasteiger partial charge in [0.2, 0.25) is 5.91 Å². The monoisotopic (exact) mass is 365 g/mol. The van der Waals surface area contributed by atoms with E-state index in [4.69, 9.17) is 11.6 Å². The molecular formula is C16H16ClN3O3S. The Labute approximate surface area is 148 Å². The third-order valence-corrected chi connectivity index (χ3v) is 4.31. The van der Waals surface area contributed by atoms with Gasteiger partial charge in [0.25, 0.3) is 5.69 Å². The molecule has 0 bridgehead atoms. The van der Waals surface area contributed by atoms with E-state index >= 15 is 0 Å². The van der Waals surface area contributed by atoms with Gasteiger partial charge in [0.05, 0.1) is 10.7 Å². The molecule has 2 aromatic carbocycles. The fourth-order valence-electron chi connectivity index (χ4n) is 1.91. The predicted molar refractivity (Wildman–Crippen MR) is 96.8 cm³/mol. The molecule has 0 radical (unpaired) electrons. The second-order valence-corrected chi connectivity index (χ2v) is 6.28. The molecular weight excluding hydrogens is 350 g/mol. The Morgan fingerprint density at radius 2 is 1.83 bits per heavy atom. The van der Waals surface area contributed by atoms with E-state index in [9.17, 15) is 14.9 Å². The van der Waals surface area contributed by atoms with E-state index in [2.05, 4.69) is 10.6 Å². The normalized spacial score (nSPS) is 10.2. The number of hydrogen-bond acceptors (Lipinski definition) is 5. The van der Waals surface area contributed by atoms with E-state index in [1.165, 1.54) is 17.8 Å². The molecule has 0 fully saturated rings. The van der Waals surface area contributed by atoms with Crippen molar-refractivity contribution >= 4 is 40.6 Å². The van der Waals surface area contributed by atoms with E-state index < -0.39 is 4.92 Å². The first-order valence-corrected chi connectivity index (χ1v) is 8.55. The topological polar surface area (TPSA) is 84.3 Å². The van der Waals surface area contributed by atoms with Crippen LogP contribution in [0.4, 0.5) is 11.4 Å². The quantitative estimate of drug-likeness (QED) is 0.323. The molecule has 0 saturated carbocycles. The van der Waals surface area contributed by atoms with E-state index in [0.29, 0.717) is 29.6 Å². The molecule has 2 N–H and O–H groups in total. The molecule has 1 amide bonds. The summed E-state index contributed by atoms with van der Waals surface area (Å²) in [7, 11) is 0. The van der Waals surface area contributed by atoms with Gasteiger partial charge in [-0.3, -0.25) is 14.9 Å². The first-order valence-electron chi connectivity index (χ1n) is 7.18. The zero-order valence-corrected chi connectivity index (χ0v) is 14.3. The lowest BCUT2D eigenvalue weighted by Crippen LogP contribution is -2.30. The summed E-state index contributed by atoms with van der Waals surface area (Å²) in [5, 5.41) is 17.3. The Hall–Kier alpha value is -2.25. The van der Waals surface area contributed by atoms with Crippen LogP contribution in [0.25, 0.3) is 0 Å². The van der Waals surface area contributed by atoms with Crippen LogP contribution in [-0.2, 0) is 4.79 Å². The Morgan fingerprint density at radius 3 is 2.54 bits per heavy atom.